The largest absolute Gasteiger partial charge is 0.319 e. The van der Waals surface area contributed by atoms with Crippen LogP contribution in [-0.2, 0) is 0 Å². The van der Waals surface area contributed by atoms with E-state index in [2.05, 4.69) is 38.0 Å². The predicted octanol–water partition coefficient (Wildman–Crippen LogP) is 1.43. The van der Waals surface area contributed by atoms with Gasteiger partial charge in [-0.3, -0.25) is 0 Å². The fraction of sp³-hybridized carbons (Fsp3) is 1.00. The molecular weight excluding hydrogens is 148 g/mol. The van der Waals surface area contributed by atoms with Gasteiger partial charge in [0.2, 0.25) is 0 Å². The van der Waals surface area contributed by atoms with Gasteiger partial charge in [0.05, 0.1) is 0 Å². The number of nitrogens with zero attached hydrogens (tertiary/aromatic N) is 1. The molecule has 0 aliphatic rings. The predicted molar refractivity (Wildman–Crippen MR) is 55.4 cm³/mol. The van der Waals surface area contributed by atoms with Gasteiger partial charge in [-0.1, -0.05) is 20.8 Å². The molecule has 12 heavy (non-hydrogen) atoms. The van der Waals surface area contributed by atoms with E-state index in [1.54, 1.807) is 0 Å². The van der Waals surface area contributed by atoms with Gasteiger partial charge in [-0.2, -0.15) is 0 Å². The van der Waals surface area contributed by atoms with Crippen molar-refractivity contribution in [1.82, 2.24) is 10.2 Å². The van der Waals surface area contributed by atoms with Crippen LogP contribution in [0.5, 0.6) is 0 Å². The third-order valence-electron chi connectivity index (χ3n) is 1.85. The van der Waals surface area contributed by atoms with Crippen LogP contribution in [0.3, 0.4) is 0 Å². The normalized spacial score (nSPS) is 14.2. The summed E-state index contributed by atoms with van der Waals surface area (Å²) in [6, 6.07) is 0. The number of hydrogen-bond acceptors (Lipinski definition) is 2. The molecule has 0 aliphatic heterocycles. The lowest BCUT2D eigenvalue weighted by atomic mass is 10.1. The average Bonchev–Trinajstić information content (AvgIpc) is 1.84. The van der Waals surface area contributed by atoms with E-state index in [4.69, 9.17) is 0 Å². The van der Waals surface area contributed by atoms with Gasteiger partial charge in [0, 0.05) is 13.1 Å². The van der Waals surface area contributed by atoms with E-state index in [1.165, 1.54) is 13.1 Å². The minimum absolute atomic E-state index is 0.749. The number of rotatable bonds is 6. The molecule has 0 rings (SSSR count). The molecule has 2 nitrogen and oxygen atoms in total. The summed E-state index contributed by atoms with van der Waals surface area (Å²) in [7, 11) is 4.21. The summed E-state index contributed by atoms with van der Waals surface area (Å²) in [5.41, 5.74) is 0. The highest BCUT2D eigenvalue weighted by Crippen LogP contribution is 2.00. The molecule has 0 saturated carbocycles. The molecule has 0 amide bonds. The summed E-state index contributed by atoms with van der Waals surface area (Å²) in [4.78, 5) is 2.41. The second-order valence-electron chi connectivity index (χ2n) is 4.28. The molecule has 2 heteroatoms. The molecule has 0 fully saturated rings. The van der Waals surface area contributed by atoms with Gasteiger partial charge < -0.3 is 10.2 Å². The lowest BCUT2D eigenvalue weighted by Gasteiger charge is -2.22. The smallest absolute Gasteiger partial charge is 0.00162 e. The summed E-state index contributed by atoms with van der Waals surface area (Å²) < 4.78 is 0. The van der Waals surface area contributed by atoms with Crippen molar-refractivity contribution in [2.75, 3.05) is 33.7 Å². The highest BCUT2D eigenvalue weighted by atomic mass is 15.1. The maximum atomic E-state index is 3.20. The van der Waals surface area contributed by atoms with Crippen molar-refractivity contribution in [3.05, 3.63) is 0 Å². The number of nitrogens with one attached hydrogen (secondary N) is 1. The van der Waals surface area contributed by atoms with Gasteiger partial charge >= 0.3 is 0 Å². The van der Waals surface area contributed by atoms with Gasteiger partial charge in [-0.25, -0.2) is 0 Å². The van der Waals surface area contributed by atoms with Gasteiger partial charge in [0.25, 0.3) is 0 Å². The Morgan fingerprint density at radius 3 is 2.17 bits per heavy atom. The van der Waals surface area contributed by atoms with E-state index in [1.807, 2.05) is 7.05 Å². The van der Waals surface area contributed by atoms with Crippen molar-refractivity contribution in [3.8, 4) is 0 Å². The minimum Gasteiger partial charge on any atom is -0.319 e. The fourth-order valence-corrected chi connectivity index (χ4v) is 1.64. The zero-order valence-electron chi connectivity index (χ0n) is 9.22. The van der Waals surface area contributed by atoms with E-state index in [0.717, 1.165) is 18.4 Å². The molecular formula is C10H24N2. The van der Waals surface area contributed by atoms with Crippen LogP contribution in [0.2, 0.25) is 0 Å². The van der Waals surface area contributed by atoms with Crippen LogP contribution < -0.4 is 5.32 Å². The first-order valence-corrected chi connectivity index (χ1v) is 4.89. The lowest BCUT2D eigenvalue weighted by Crippen LogP contribution is -2.31. The molecule has 0 spiro atoms. The van der Waals surface area contributed by atoms with Crippen LogP contribution in [0.4, 0.5) is 0 Å². The Labute approximate surface area is 77.3 Å². The van der Waals surface area contributed by atoms with Crippen molar-refractivity contribution in [1.29, 1.82) is 0 Å². The second-order valence-corrected chi connectivity index (χ2v) is 4.28. The van der Waals surface area contributed by atoms with E-state index < -0.39 is 0 Å². The Morgan fingerprint density at radius 2 is 1.75 bits per heavy atom. The van der Waals surface area contributed by atoms with Gasteiger partial charge in [0.1, 0.15) is 0 Å². The highest BCUT2D eigenvalue weighted by Gasteiger charge is 2.06. The van der Waals surface area contributed by atoms with Crippen molar-refractivity contribution < 1.29 is 0 Å². The van der Waals surface area contributed by atoms with Crippen molar-refractivity contribution >= 4 is 0 Å². The molecule has 1 atom stereocenters. The summed E-state index contributed by atoms with van der Waals surface area (Å²) in [6.07, 6.45) is 0. The third-order valence-corrected chi connectivity index (χ3v) is 1.85. The van der Waals surface area contributed by atoms with E-state index >= 15 is 0 Å². The van der Waals surface area contributed by atoms with E-state index in [9.17, 15) is 0 Å². The first kappa shape index (κ1) is 11.9. The Kier molecular flexibility index (Phi) is 6.39. The van der Waals surface area contributed by atoms with Gasteiger partial charge in [-0.05, 0) is 32.5 Å². The topological polar surface area (TPSA) is 15.3 Å². The second kappa shape index (κ2) is 6.44. The highest BCUT2D eigenvalue weighted by molar-refractivity contribution is 4.61. The van der Waals surface area contributed by atoms with E-state index in [0.29, 0.717) is 0 Å². The third kappa shape index (κ3) is 6.62. The molecule has 1 N–H and O–H groups in total. The SMILES string of the molecule is CNCC(C)CN(C)CC(C)C. The lowest BCUT2D eigenvalue weighted by molar-refractivity contribution is 0.256. The summed E-state index contributed by atoms with van der Waals surface area (Å²) in [5, 5.41) is 3.20. The quantitative estimate of drug-likeness (QED) is 0.652. The monoisotopic (exact) mass is 172 g/mol. The standard InChI is InChI=1S/C10H24N2/c1-9(2)7-12(5)8-10(3)6-11-4/h9-11H,6-8H2,1-5H3. The Bertz CT molecular complexity index is 102. The zero-order chi connectivity index (χ0) is 9.56. The number of hydrogen-bond donors (Lipinski definition) is 1. The van der Waals surface area contributed by atoms with Gasteiger partial charge in [0.15, 0.2) is 0 Å². The van der Waals surface area contributed by atoms with Crippen molar-refractivity contribution in [2.24, 2.45) is 11.8 Å². The molecule has 0 aromatic carbocycles. The summed E-state index contributed by atoms with van der Waals surface area (Å²) >= 11 is 0. The molecule has 1 unspecified atom stereocenters. The fourth-order valence-electron chi connectivity index (χ4n) is 1.64. The molecule has 0 saturated heterocycles. The van der Waals surface area contributed by atoms with Gasteiger partial charge in [-0.15, -0.1) is 0 Å². The van der Waals surface area contributed by atoms with Crippen molar-refractivity contribution in [2.45, 2.75) is 20.8 Å². The maximum absolute atomic E-state index is 3.20. The van der Waals surface area contributed by atoms with Crippen LogP contribution in [0.25, 0.3) is 0 Å². The van der Waals surface area contributed by atoms with Crippen LogP contribution in [0.15, 0.2) is 0 Å². The zero-order valence-corrected chi connectivity index (χ0v) is 9.22. The molecule has 74 valence electrons. The van der Waals surface area contributed by atoms with Crippen LogP contribution in [-0.4, -0.2) is 38.6 Å². The molecule has 0 bridgehead atoms. The minimum atomic E-state index is 0.749. The first-order valence-electron chi connectivity index (χ1n) is 4.89. The van der Waals surface area contributed by atoms with E-state index in [-0.39, 0.29) is 0 Å². The van der Waals surface area contributed by atoms with Crippen LogP contribution >= 0.6 is 0 Å². The van der Waals surface area contributed by atoms with Crippen LogP contribution in [0.1, 0.15) is 20.8 Å². The van der Waals surface area contributed by atoms with Crippen LogP contribution in [0, 0.1) is 11.8 Å². The molecule has 0 radical (unpaired) electrons. The van der Waals surface area contributed by atoms with Crippen molar-refractivity contribution in [3.63, 3.8) is 0 Å². The Hall–Kier alpha value is -0.0800. The Balaban J connectivity index is 3.46. The molecule has 0 aromatic rings. The summed E-state index contributed by atoms with van der Waals surface area (Å²) in [6.45, 7) is 10.3. The maximum Gasteiger partial charge on any atom is 0.00162 e. The summed E-state index contributed by atoms with van der Waals surface area (Å²) in [5.74, 6) is 1.52. The molecule has 0 aromatic heterocycles. The average molecular weight is 172 g/mol. The first-order chi connectivity index (χ1) is 5.56. The molecule has 0 aliphatic carbocycles. The molecule has 0 heterocycles. The Morgan fingerprint density at radius 1 is 1.17 bits per heavy atom.